The summed E-state index contributed by atoms with van der Waals surface area (Å²) in [6.45, 7) is 0. The molecular weight excluding hydrogens is 324 g/mol. The SMILES string of the molecule is NC(c1cc(Cl)cc(Br)c1)c1cccc(F)c1F. The summed E-state index contributed by atoms with van der Waals surface area (Å²) in [5.74, 6) is -1.84. The molecule has 0 fully saturated rings. The molecular formula is C13H9BrClF2N. The summed E-state index contributed by atoms with van der Waals surface area (Å²) in [6.07, 6.45) is 0. The predicted octanol–water partition coefficient (Wildman–Crippen LogP) is 4.43. The zero-order chi connectivity index (χ0) is 13.3. The van der Waals surface area contributed by atoms with E-state index >= 15 is 0 Å². The van der Waals surface area contributed by atoms with Gasteiger partial charge in [0.1, 0.15) is 0 Å². The van der Waals surface area contributed by atoms with Crippen LogP contribution in [0.2, 0.25) is 5.02 Å². The van der Waals surface area contributed by atoms with Crippen molar-refractivity contribution < 1.29 is 8.78 Å². The predicted molar refractivity (Wildman–Crippen MR) is 71.5 cm³/mol. The van der Waals surface area contributed by atoms with Crippen LogP contribution >= 0.6 is 27.5 Å². The second kappa shape index (κ2) is 5.34. The third-order valence-electron chi connectivity index (χ3n) is 2.56. The Balaban J connectivity index is 2.47. The van der Waals surface area contributed by atoms with Crippen molar-refractivity contribution in [1.82, 2.24) is 0 Å². The molecule has 2 rings (SSSR count). The van der Waals surface area contributed by atoms with Crippen molar-refractivity contribution in [3.63, 3.8) is 0 Å². The lowest BCUT2D eigenvalue weighted by molar-refractivity contribution is 0.494. The number of hydrogen-bond donors (Lipinski definition) is 1. The quantitative estimate of drug-likeness (QED) is 0.865. The summed E-state index contributed by atoms with van der Waals surface area (Å²) in [5.41, 5.74) is 6.65. The molecule has 2 aromatic rings. The van der Waals surface area contributed by atoms with E-state index in [1.165, 1.54) is 12.1 Å². The van der Waals surface area contributed by atoms with Crippen LogP contribution in [-0.2, 0) is 0 Å². The Kier molecular flexibility index (Phi) is 4.00. The van der Waals surface area contributed by atoms with Gasteiger partial charge in [-0.05, 0) is 29.8 Å². The van der Waals surface area contributed by atoms with Crippen molar-refractivity contribution in [2.75, 3.05) is 0 Å². The molecule has 2 aromatic carbocycles. The van der Waals surface area contributed by atoms with E-state index in [4.69, 9.17) is 17.3 Å². The first-order valence-electron chi connectivity index (χ1n) is 5.14. The second-order valence-electron chi connectivity index (χ2n) is 3.82. The van der Waals surface area contributed by atoms with Gasteiger partial charge in [-0.15, -0.1) is 0 Å². The monoisotopic (exact) mass is 331 g/mol. The molecule has 0 spiro atoms. The van der Waals surface area contributed by atoms with Crippen LogP contribution in [0.4, 0.5) is 8.78 Å². The van der Waals surface area contributed by atoms with Crippen LogP contribution in [0.15, 0.2) is 40.9 Å². The highest BCUT2D eigenvalue weighted by Crippen LogP contribution is 2.28. The van der Waals surface area contributed by atoms with Crippen LogP contribution in [0.5, 0.6) is 0 Å². The molecule has 0 amide bonds. The molecule has 5 heteroatoms. The Bertz CT molecular complexity index is 569. The van der Waals surface area contributed by atoms with Gasteiger partial charge in [-0.25, -0.2) is 8.78 Å². The van der Waals surface area contributed by atoms with E-state index in [2.05, 4.69) is 15.9 Å². The van der Waals surface area contributed by atoms with E-state index in [1.807, 2.05) is 0 Å². The summed E-state index contributed by atoms with van der Waals surface area (Å²) >= 11 is 9.18. The highest BCUT2D eigenvalue weighted by molar-refractivity contribution is 9.10. The highest BCUT2D eigenvalue weighted by Gasteiger charge is 2.17. The molecule has 1 unspecified atom stereocenters. The maximum absolute atomic E-state index is 13.6. The lowest BCUT2D eigenvalue weighted by Crippen LogP contribution is -2.14. The fraction of sp³-hybridized carbons (Fsp3) is 0.0769. The van der Waals surface area contributed by atoms with Crippen molar-refractivity contribution in [1.29, 1.82) is 0 Å². The molecule has 0 radical (unpaired) electrons. The first-order chi connectivity index (χ1) is 8.49. The van der Waals surface area contributed by atoms with Crippen molar-refractivity contribution in [3.05, 3.63) is 68.7 Å². The Morgan fingerprint density at radius 2 is 1.89 bits per heavy atom. The molecule has 18 heavy (non-hydrogen) atoms. The molecule has 0 saturated carbocycles. The maximum Gasteiger partial charge on any atom is 0.163 e. The average molecular weight is 333 g/mol. The van der Waals surface area contributed by atoms with Crippen molar-refractivity contribution in [2.45, 2.75) is 6.04 Å². The van der Waals surface area contributed by atoms with Crippen LogP contribution < -0.4 is 5.73 Å². The van der Waals surface area contributed by atoms with E-state index in [1.54, 1.807) is 18.2 Å². The van der Waals surface area contributed by atoms with Gasteiger partial charge >= 0.3 is 0 Å². The summed E-state index contributed by atoms with van der Waals surface area (Å²) in [6, 6.07) is 8.21. The Morgan fingerprint density at radius 1 is 1.17 bits per heavy atom. The van der Waals surface area contributed by atoms with Gasteiger partial charge in [0.2, 0.25) is 0 Å². The number of nitrogens with two attached hydrogens (primary N) is 1. The molecule has 1 atom stereocenters. The number of rotatable bonds is 2. The second-order valence-corrected chi connectivity index (χ2v) is 5.18. The van der Waals surface area contributed by atoms with Crippen LogP contribution in [0.1, 0.15) is 17.2 Å². The standard InChI is InChI=1S/C13H9BrClF2N/c14-8-4-7(5-9(15)6-8)13(18)10-2-1-3-11(16)12(10)17/h1-6,13H,18H2. The van der Waals surface area contributed by atoms with E-state index < -0.39 is 17.7 Å². The van der Waals surface area contributed by atoms with Crippen LogP contribution in [0.3, 0.4) is 0 Å². The fourth-order valence-electron chi connectivity index (χ4n) is 1.69. The van der Waals surface area contributed by atoms with E-state index in [0.29, 0.717) is 10.6 Å². The van der Waals surface area contributed by atoms with E-state index in [0.717, 1.165) is 10.5 Å². The zero-order valence-electron chi connectivity index (χ0n) is 9.13. The number of halogens is 4. The minimum atomic E-state index is -0.930. The zero-order valence-corrected chi connectivity index (χ0v) is 11.5. The highest BCUT2D eigenvalue weighted by atomic mass is 79.9. The number of benzene rings is 2. The normalized spacial score (nSPS) is 12.5. The lowest BCUT2D eigenvalue weighted by Gasteiger charge is -2.14. The molecule has 0 bridgehead atoms. The Labute approximate surface area is 117 Å². The molecule has 2 N–H and O–H groups in total. The first kappa shape index (κ1) is 13.5. The summed E-state index contributed by atoms with van der Waals surface area (Å²) in [5, 5.41) is 0.478. The minimum Gasteiger partial charge on any atom is -0.320 e. The van der Waals surface area contributed by atoms with Gasteiger partial charge in [-0.2, -0.15) is 0 Å². The van der Waals surface area contributed by atoms with Gasteiger partial charge < -0.3 is 5.73 Å². The van der Waals surface area contributed by atoms with Crippen molar-refractivity contribution >= 4 is 27.5 Å². The largest absolute Gasteiger partial charge is 0.320 e. The fourth-order valence-corrected chi connectivity index (χ4v) is 2.58. The third kappa shape index (κ3) is 2.71. The van der Waals surface area contributed by atoms with E-state index in [-0.39, 0.29) is 5.56 Å². The topological polar surface area (TPSA) is 26.0 Å². The molecule has 0 aliphatic rings. The van der Waals surface area contributed by atoms with Gasteiger partial charge in [0.05, 0.1) is 6.04 Å². The summed E-state index contributed by atoms with van der Waals surface area (Å²) < 4.78 is 27.5. The van der Waals surface area contributed by atoms with Gasteiger partial charge in [-0.1, -0.05) is 39.7 Å². The van der Waals surface area contributed by atoms with Gasteiger partial charge in [0.25, 0.3) is 0 Å². The minimum absolute atomic E-state index is 0.101. The van der Waals surface area contributed by atoms with Crippen LogP contribution in [0.25, 0.3) is 0 Å². The van der Waals surface area contributed by atoms with Gasteiger partial charge in [0.15, 0.2) is 11.6 Å². The molecule has 0 heterocycles. The summed E-state index contributed by atoms with van der Waals surface area (Å²) in [7, 11) is 0. The van der Waals surface area contributed by atoms with Crippen LogP contribution in [0, 0.1) is 11.6 Å². The van der Waals surface area contributed by atoms with Gasteiger partial charge in [0, 0.05) is 15.1 Å². The Morgan fingerprint density at radius 3 is 2.56 bits per heavy atom. The lowest BCUT2D eigenvalue weighted by atomic mass is 9.99. The smallest absolute Gasteiger partial charge is 0.163 e. The average Bonchev–Trinajstić information content (AvgIpc) is 2.30. The molecule has 0 aliphatic carbocycles. The maximum atomic E-state index is 13.6. The molecule has 1 nitrogen and oxygen atoms in total. The van der Waals surface area contributed by atoms with Gasteiger partial charge in [-0.3, -0.25) is 0 Å². The van der Waals surface area contributed by atoms with E-state index in [9.17, 15) is 8.78 Å². The van der Waals surface area contributed by atoms with Crippen molar-refractivity contribution in [3.8, 4) is 0 Å². The first-order valence-corrected chi connectivity index (χ1v) is 6.31. The number of hydrogen-bond acceptors (Lipinski definition) is 1. The summed E-state index contributed by atoms with van der Waals surface area (Å²) in [4.78, 5) is 0. The Hall–Kier alpha value is -0.970. The molecule has 94 valence electrons. The molecule has 0 saturated heterocycles. The molecule has 0 aromatic heterocycles. The third-order valence-corrected chi connectivity index (χ3v) is 3.24. The van der Waals surface area contributed by atoms with Crippen molar-refractivity contribution in [2.24, 2.45) is 5.73 Å². The molecule has 0 aliphatic heterocycles. The van der Waals surface area contributed by atoms with Crippen LogP contribution in [-0.4, -0.2) is 0 Å².